The van der Waals surface area contributed by atoms with Crippen molar-refractivity contribution in [2.75, 3.05) is 28.0 Å². The molecule has 0 aliphatic carbocycles. The SMILES string of the molecule is CC(C)(C)OC(=O)N1C2CCC1CC(O)C2.Cc1ccc(N=C(N)C(C#N)=CN)c(F)c1.Cc1ccc(NN)c(F)c1.Cc1ccc(Nc2nc[nH]c(=O)c2C=N)c(F)c1.Cc1ccc(Nc2ncnc(Cl)c2C=N)c(F)c1.Cc1ccc(Nc2ncnc(OC3CC4CCC(C3)N4C(=O)OC(C)(C)C)c2C=N)c(F)c1.O=S=O.O=S=O.O=S=O.O=S=O.O=S=O.[C-]#[N+]/C(C#N)=C/OCC. The molecular weight excluding hydrogens is 1900 g/mol. The fourth-order valence-corrected chi connectivity index (χ4v) is 12.5. The van der Waals surface area contributed by atoms with Crippen molar-refractivity contribution in [1.29, 1.82) is 26.8 Å². The summed E-state index contributed by atoms with van der Waals surface area (Å²) in [7, 11) is 0. The van der Waals surface area contributed by atoms with Crippen molar-refractivity contribution in [1.82, 2.24) is 39.7 Å². The Labute approximate surface area is 795 Å². The van der Waals surface area contributed by atoms with Crippen LogP contribution in [-0.4, -0.2) is 178 Å². The van der Waals surface area contributed by atoms with Gasteiger partial charge in [0.15, 0.2) is 0 Å². The topological polar surface area (TPSA) is 628 Å². The number of aryl methyl sites for hydroxylation is 5. The van der Waals surface area contributed by atoms with Crippen LogP contribution < -0.4 is 49.0 Å². The highest BCUT2D eigenvalue weighted by Gasteiger charge is 2.47. The van der Waals surface area contributed by atoms with Gasteiger partial charge in [-0.15, -0.1) is 0 Å². The summed E-state index contributed by atoms with van der Waals surface area (Å²) < 4.78 is 173. The third-order valence-electron chi connectivity index (χ3n) is 17.8. The van der Waals surface area contributed by atoms with Gasteiger partial charge < -0.3 is 87.9 Å². The molecular formula is C84H98ClF5N22O18S5. The molecule has 4 aliphatic heterocycles. The first-order chi connectivity index (χ1) is 64.0. The number of nitrogens with zero attached hydrogens (tertiary/aromatic N) is 11. The molecule has 0 radical (unpaired) electrons. The van der Waals surface area contributed by atoms with Crippen LogP contribution in [0.3, 0.4) is 0 Å². The average Bonchev–Trinajstić information content (AvgIpc) is 1.65. The number of piperidine rings is 2. The van der Waals surface area contributed by atoms with Crippen molar-refractivity contribution in [3.8, 4) is 18.0 Å². The van der Waals surface area contributed by atoms with Crippen LogP contribution in [0.15, 0.2) is 143 Å². The molecule has 51 heteroatoms. The van der Waals surface area contributed by atoms with E-state index in [1.165, 1.54) is 55.4 Å². The van der Waals surface area contributed by atoms with Crippen molar-refractivity contribution in [2.24, 2.45) is 22.3 Å². The third kappa shape index (κ3) is 42.8. The van der Waals surface area contributed by atoms with Gasteiger partial charge in [0.1, 0.15) is 111 Å². The number of halogens is 6. The number of aliphatic hydroxyl groups excluding tert-OH is 1. The predicted molar refractivity (Wildman–Crippen MR) is 495 cm³/mol. The predicted octanol–water partition coefficient (Wildman–Crippen LogP) is 13.0. The first kappa shape index (κ1) is 119. The minimum absolute atomic E-state index is 0.0139. The maximum absolute atomic E-state index is 14.3. The standard InChI is InChI=1S/C24H30FN5O3.C12H10ClFN4.C12H11FN4O.C12H21NO3.C11H11FN4.C7H9FN2.C6H6N2O.5O2S/c1-14-5-8-20(19(25)9-14)29-21-18(12-26)22(28-13-27-21)32-17-10-15-6-7-16(11-17)30(15)23(31)33-24(2,3)4;1-7-2-3-10(9(14)4-7)18-12-8(5-15)11(13)16-6-17-12;1-7-2-3-10(9(13)4-7)17-11-8(5-14)12(18)16-6-15-11;1-12(2,3)16-11(15)13-8-4-5-9(13)7-10(14)6-8;1-7-2-3-10(9(12)4-7)16-11(15)8(5-13)6-14;1-5-2-3-7(10-9)6(8)4-5;1-3-9-5-6(4-7)8-2;5*1-3-2/h5,8-9,12-13,15-17,26H,6-7,10-11H2,1-4H3,(H,27,28,29);2-6,15H,1H3,(H,16,17,18);2-6,14H,1H3,(H2,15,16,17,18);8-10,14H,4-7H2,1-3H3;2-5H,13H2,1H3,(H2,15,16);2-4,10H,9H2,1H3;5H,3H2,1H3;;;;;/b;;;;;;6-5+;;;;;. The zero-order chi connectivity index (χ0) is 102. The Kier molecular flexibility index (Phi) is 55.3. The number of H-pyrrole nitrogens is 1. The molecule has 4 unspecified atom stereocenters. The van der Waals surface area contributed by atoms with E-state index >= 15 is 0 Å². The van der Waals surface area contributed by atoms with Gasteiger partial charge in [0.25, 0.3) is 11.3 Å². The highest BCUT2D eigenvalue weighted by atomic mass is 35.5. The number of allylic oxidation sites excluding steroid dienone is 1. The number of hydrogen-bond donors (Lipinski definition) is 12. The Morgan fingerprint density at radius 3 is 1.30 bits per heavy atom. The second-order valence-electron chi connectivity index (χ2n) is 29.8. The molecule has 5 aromatic carbocycles. The minimum Gasteiger partial charge on any atom is -0.512 e. The molecule has 0 spiro atoms. The molecule has 2 amide bonds. The second kappa shape index (κ2) is 62.9. The van der Waals surface area contributed by atoms with Crippen LogP contribution in [0.2, 0.25) is 5.15 Å². The Morgan fingerprint density at radius 1 is 0.593 bits per heavy atom. The molecule has 4 aliphatic rings. The molecule has 4 atom stereocenters. The molecule has 0 saturated carbocycles. The third-order valence-corrected chi connectivity index (χ3v) is 18.1. The van der Waals surface area contributed by atoms with E-state index in [0.717, 1.165) is 84.6 Å². The molecule has 4 fully saturated rings. The first-order valence-corrected chi connectivity index (χ1v) is 42.9. The molecule has 724 valence electrons. The molecule has 12 rings (SSSR count). The fourth-order valence-electron chi connectivity index (χ4n) is 12.3. The Balaban J connectivity index is 0.000000793. The van der Waals surface area contributed by atoms with Crippen LogP contribution in [0.25, 0.3) is 4.85 Å². The van der Waals surface area contributed by atoms with E-state index in [-0.39, 0.29) is 122 Å². The summed E-state index contributed by atoms with van der Waals surface area (Å²) >= 11 is 2.07. The smallest absolute Gasteiger partial charge is 0.410 e. The second-order valence-corrected chi connectivity index (χ2v) is 30.8. The average molecular weight is 1990 g/mol. The number of aromatic nitrogens is 6. The number of amides is 2. The molecule has 7 heterocycles. The highest BCUT2D eigenvalue weighted by Crippen LogP contribution is 2.40. The summed E-state index contributed by atoms with van der Waals surface area (Å²) in [5.74, 6) is 3.89. The number of carbonyl (C=O) groups excluding carboxylic acids is 2. The van der Waals surface area contributed by atoms with Gasteiger partial charge in [-0.3, -0.25) is 10.6 Å². The molecule has 15 N–H and O–H groups in total. The normalized spacial score (nSPS) is 15.4. The number of nitrogens with one attached hydrogen (secondary N) is 8. The lowest BCUT2D eigenvalue weighted by Crippen LogP contribution is -2.50. The summed E-state index contributed by atoms with van der Waals surface area (Å²) in [6, 6.07) is 27.6. The van der Waals surface area contributed by atoms with Crippen LogP contribution in [0, 0.1) is 109 Å². The number of amidine groups is 1. The Bertz CT molecular complexity index is 5700. The number of nitriles is 2. The number of hydrazine groups is 1. The van der Waals surface area contributed by atoms with Gasteiger partial charge in [-0.1, -0.05) is 41.9 Å². The van der Waals surface area contributed by atoms with Crippen LogP contribution in [-0.2, 0) is 72.1 Å². The number of rotatable bonds is 16. The number of carbonyl (C=O) groups is 2. The number of nitrogen functional groups attached to an aromatic ring is 1. The molecule has 4 saturated heterocycles. The molecule has 40 nitrogen and oxygen atoms in total. The summed E-state index contributed by atoms with van der Waals surface area (Å²) in [5.41, 5.74) is 17.4. The first-order valence-electron chi connectivity index (χ1n) is 39.2. The number of benzene rings is 5. The number of fused-ring (bicyclic) bond motifs is 4. The van der Waals surface area contributed by atoms with E-state index in [1.54, 1.807) is 94.4 Å². The van der Waals surface area contributed by atoms with Crippen molar-refractivity contribution >= 4 is 152 Å². The lowest BCUT2D eigenvalue weighted by atomic mass is 10.00. The lowest BCUT2D eigenvalue weighted by Gasteiger charge is -2.39. The van der Waals surface area contributed by atoms with Gasteiger partial charge >= 0.3 is 70.0 Å². The summed E-state index contributed by atoms with van der Waals surface area (Å²) in [6.45, 7) is 28.9. The number of aliphatic imine (C=N–C) groups is 1. The van der Waals surface area contributed by atoms with Crippen LogP contribution >= 0.6 is 11.6 Å². The fraction of sp³-hybridized carbons (Fsp3) is 0.345. The quantitative estimate of drug-likeness (QED) is 0.00492. The van der Waals surface area contributed by atoms with E-state index in [1.807, 2.05) is 65.2 Å². The van der Waals surface area contributed by atoms with Crippen molar-refractivity contribution in [3.63, 3.8) is 0 Å². The van der Waals surface area contributed by atoms with Crippen LogP contribution in [0.5, 0.6) is 5.88 Å². The number of ether oxygens (including phenoxy) is 4. The maximum Gasteiger partial charge on any atom is 0.410 e. The molecule has 8 aromatic rings. The van der Waals surface area contributed by atoms with Gasteiger partial charge in [-0.25, -0.2) is 71.6 Å². The van der Waals surface area contributed by atoms with Gasteiger partial charge in [0.05, 0.1) is 71.1 Å². The number of aliphatic hydroxyl groups is 1. The molecule has 4 bridgehead atoms. The monoisotopic (exact) mass is 1990 g/mol. The summed E-state index contributed by atoms with van der Waals surface area (Å²) in [6.07, 6.45) is 14.6. The largest absolute Gasteiger partial charge is 0.512 e. The maximum atomic E-state index is 14.3. The number of nitrogens with two attached hydrogens (primary N) is 3. The van der Waals surface area contributed by atoms with Gasteiger partial charge in [0, 0.05) is 61.9 Å². The summed E-state index contributed by atoms with van der Waals surface area (Å²) in [5, 5.41) is 57.3. The number of anilines is 7. The Hall–Kier alpha value is -14.3. The highest BCUT2D eigenvalue weighted by molar-refractivity contribution is 7.52. The van der Waals surface area contributed by atoms with Crippen LogP contribution in [0.4, 0.5) is 77.4 Å². The van der Waals surface area contributed by atoms with E-state index in [9.17, 15) is 41.4 Å². The van der Waals surface area contributed by atoms with E-state index in [2.05, 4.69) is 65.9 Å². The van der Waals surface area contributed by atoms with E-state index in [4.69, 9.17) is 119 Å². The van der Waals surface area contributed by atoms with Gasteiger partial charge in [0.2, 0.25) is 5.88 Å². The number of hydrogen-bond acceptors (Lipinski definition) is 35. The van der Waals surface area contributed by atoms with Gasteiger partial charge in [-0.05, 0) is 210 Å². The van der Waals surface area contributed by atoms with Crippen molar-refractivity contribution < 1.29 is 97.7 Å². The van der Waals surface area contributed by atoms with E-state index < -0.39 is 92.1 Å². The van der Waals surface area contributed by atoms with Crippen LogP contribution in [0.1, 0.15) is 144 Å². The zero-order valence-corrected chi connectivity index (χ0v) is 79.3. The molecule has 3 aromatic heterocycles. The molecule has 135 heavy (non-hydrogen) atoms. The number of aromatic amines is 1. The Morgan fingerprint density at radius 2 is 0.956 bits per heavy atom. The minimum atomic E-state index is -0.750. The van der Waals surface area contributed by atoms with E-state index in [0.29, 0.717) is 60.7 Å². The van der Waals surface area contributed by atoms with Crippen molar-refractivity contribution in [2.45, 2.75) is 182 Å². The lowest BCUT2D eigenvalue weighted by molar-refractivity contribution is -0.0114. The summed E-state index contributed by atoms with van der Waals surface area (Å²) in [4.78, 5) is 68.8. The van der Waals surface area contributed by atoms with Gasteiger partial charge in [-0.2, -0.15) is 47.4 Å². The zero-order valence-electron chi connectivity index (χ0n) is 74.5. The van der Waals surface area contributed by atoms with Crippen molar-refractivity contribution in [3.05, 3.63) is 234 Å².